The second-order valence-electron chi connectivity index (χ2n) is 5.30. The van der Waals surface area contributed by atoms with Crippen molar-refractivity contribution in [2.75, 3.05) is 18.2 Å². The fourth-order valence-electron chi connectivity index (χ4n) is 2.15. The van der Waals surface area contributed by atoms with Crippen molar-refractivity contribution >= 4 is 23.4 Å². The molecule has 0 atom stereocenters. The third-order valence-corrected chi connectivity index (χ3v) is 4.47. The molecule has 0 heterocycles. The molecular weight excluding hydrogens is 351 g/mol. The number of amides is 1. The van der Waals surface area contributed by atoms with Crippen LogP contribution in [0.25, 0.3) is 0 Å². The number of aryl methyl sites for hydroxylation is 1. The van der Waals surface area contributed by atoms with Gasteiger partial charge in [-0.1, -0.05) is 24.3 Å². The minimum absolute atomic E-state index is 0.228. The lowest BCUT2D eigenvalue weighted by atomic mass is 10.1. The lowest BCUT2D eigenvalue weighted by molar-refractivity contribution is -0.116. The summed E-state index contributed by atoms with van der Waals surface area (Å²) in [6.07, 6.45) is -3.51. The number of thioether (sulfide) groups is 1. The van der Waals surface area contributed by atoms with Crippen LogP contribution in [0.1, 0.15) is 12.0 Å². The van der Waals surface area contributed by atoms with Crippen molar-refractivity contribution in [3.05, 3.63) is 54.1 Å². The topological polar surface area (TPSA) is 38.3 Å². The van der Waals surface area contributed by atoms with E-state index in [2.05, 4.69) is 5.32 Å². The average Bonchev–Trinajstić information content (AvgIpc) is 2.59. The van der Waals surface area contributed by atoms with Crippen molar-refractivity contribution < 1.29 is 22.7 Å². The predicted octanol–water partition coefficient (Wildman–Crippen LogP) is 4.92. The number of para-hydroxylation sites is 1. The van der Waals surface area contributed by atoms with Gasteiger partial charge in [-0.05, 0) is 36.2 Å². The zero-order chi connectivity index (χ0) is 18.3. The largest absolute Gasteiger partial charge is 0.497 e. The van der Waals surface area contributed by atoms with E-state index in [0.717, 1.165) is 5.56 Å². The van der Waals surface area contributed by atoms with Gasteiger partial charge in [0, 0.05) is 11.3 Å². The molecule has 1 amide bonds. The summed E-state index contributed by atoms with van der Waals surface area (Å²) in [5, 5.41) is 2.69. The monoisotopic (exact) mass is 369 g/mol. The number of hydrogen-bond acceptors (Lipinski definition) is 3. The summed E-state index contributed by atoms with van der Waals surface area (Å²) in [5.41, 5.74) is 1.35. The first-order valence-electron chi connectivity index (χ1n) is 7.59. The van der Waals surface area contributed by atoms with E-state index < -0.39 is 11.9 Å². The van der Waals surface area contributed by atoms with Gasteiger partial charge in [0.2, 0.25) is 5.91 Å². The fraction of sp³-hybridized carbons (Fsp3) is 0.278. The van der Waals surface area contributed by atoms with Crippen LogP contribution in [-0.2, 0) is 11.2 Å². The molecule has 0 spiro atoms. The zero-order valence-electron chi connectivity index (χ0n) is 13.6. The molecule has 1 N–H and O–H groups in total. The Balaban J connectivity index is 1.93. The van der Waals surface area contributed by atoms with Crippen LogP contribution >= 0.6 is 11.8 Å². The van der Waals surface area contributed by atoms with Crippen molar-refractivity contribution in [1.82, 2.24) is 0 Å². The van der Waals surface area contributed by atoms with E-state index >= 15 is 0 Å². The smallest absolute Gasteiger partial charge is 0.398 e. The van der Waals surface area contributed by atoms with Crippen molar-refractivity contribution in [3.8, 4) is 5.75 Å². The van der Waals surface area contributed by atoms with Crippen LogP contribution < -0.4 is 10.1 Å². The zero-order valence-corrected chi connectivity index (χ0v) is 14.4. The highest BCUT2D eigenvalue weighted by molar-refractivity contribution is 7.99. The van der Waals surface area contributed by atoms with Gasteiger partial charge in [-0.3, -0.25) is 4.79 Å². The number of alkyl halides is 3. The minimum atomic E-state index is -4.26. The first kappa shape index (κ1) is 19.2. The summed E-state index contributed by atoms with van der Waals surface area (Å²) in [6.45, 7) is 0. The van der Waals surface area contributed by atoms with Gasteiger partial charge in [0.15, 0.2) is 0 Å². The normalized spacial score (nSPS) is 11.2. The number of methoxy groups -OCH3 is 1. The molecule has 0 aliphatic heterocycles. The number of carbonyl (C=O) groups is 1. The summed E-state index contributed by atoms with van der Waals surface area (Å²) in [5.74, 6) is -0.529. The van der Waals surface area contributed by atoms with Crippen LogP contribution in [0.3, 0.4) is 0 Å². The number of carbonyl (C=O) groups excluding carboxylic acids is 1. The highest BCUT2D eigenvalue weighted by Crippen LogP contribution is 2.32. The Morgan fingerprint density at radius 2 is 1.92 bits per heavy atom. The Bertz CT molecular complexity index is 719. The highest BCUT2D eigenvalue weighted by atomic mass is 32.2. The maximum absolute atomic E-state index is 12.4. The molecule has 0 unspecified atom stereocenters. The van der Waals surface area contributed by atoms with E-state index in [1.807, 2.05) is 24.3 Å². The fourth-order valence-corrected chi connectivity index (χ4v) is 2.92. The van der Waals surface area contributed by atoms with Gasteiger partial charge in [-0.25, -0.2) is 0 Å². The second-order valence-corrected chi connectivity index (χ2v) is 6.32. The van der Waals surface area contributed by atoms with E-state index in [9.17, 15) is 18.0 Å². The number of rotatable bonds is 7. The Hall–Kier alpha value is -2.15. The first-order chi connectivity index (χ1) is 11.9. The summed E-state index contributed by atoms with van der Waals surface area (Å²) >= 11 is 0.659. The van der Waals surface area contributed by atoms with E-state index in [1.54, 1.807) is 31.4 Å². The molecule has 0 bridgehead atoms. The molecule has 25 heavy (non-hydrogen) atoms. The molecule has 2 aromatic rings. The van der Waals surface area contributed by atoms with E-state index in [0.29, 0.717) is 34.5 Å². The van der Waals surface area contributed by atoms with Crippen molar-refractivity contribution in [2.45, 2.75) is 23.9 Å². The summed E-state index contributed by atoms with van der Waals surface area (Å²) in [6, 6.07) is 13.9. The van der Waals surface area contributed by atoms with Gasteiger partial charge in [0.1, 0.15) is 5.75 Å². The molecule has 2 aromatic carbocycles. The molecule has 0 aliphatic rings. The lowest BCUT2D eigenvalue weighted by Crippen LogP contribution is -2.14. The van der Waals surface area contributed by atoms with Gasteiger partial charge in [-0.15, -0.1) is 11.8 Å². The van der Waals surface area contributed by atoms with Crippen LogP contribution in [0.5, 0.6) is 5.75 Å². The van der Waals surface area contributed by atoms with Crippen LogP contribution in [0, 0.1) is 0 Å². The highest BCUT2D eigenvalue weighted by Gasteiger charge is 2.27. The molecule has 2 rings (SSSR count). The second kappa shape index (κ2) is 8.80. The lowest BCUT2D eigenvalue weighted by Gasteiger charge is -2.12. The van der Waals surface area contributed by atoms with Crippen molar-refractivity contribution in [3.63, 3.8) is 0 Å². The number of hydrogen-bond donors (Lipinski definition) is 1. The Morgan fingerprint density at radius 3 is 2.64 bits per heavy atom. The third-order valence-electron chi connectivity index (χ3n) is 3.33. The van der Waals surface area contributed by atoms with Crippen molar-refractivity contribution in [2.24, 2.45) is 0 Å². The van der Waals surface area contributed by atoms with E-state index in [4.69, 9.17) is 4.74 Å². The Kier molecular flexibility index (Phi) is 6.75. The molecule has 0 aromatic heterocycles. The molecule has 0 fully saturated rings. The number of nitrogens with one attached hydrogen (secondary N) is 1. The van der Waals surface area contributed by atoms with Crippen LogP contribution in [0.4, 0.5) is 18.9 Å². The summed E-state index contributed by atoms with van der Waals surface area (Å²) in [7, 11) is 1.57. The van der Waals surface area contributed by atoms with Gasteiger partial charge < -0.3 is 10.1 Å². The molecule has 0 saturated carbocycles. The average molecular weight is 369 g/mol. The number of benzene rings is 2. The Morgan fingerprint density at radius 1 is 1.16 bits per heavy atom. The van der Waals surface area contributed by atoms with Crippen LogP contribution in [-0.4, -0.2) is 24.9 Å². The van der Waals surface area contributed by atoms with Gasteiger partial charge in [0.05, 0.1) is 18.6 Å². The predicted molar refractivity (Wildman–Crippen MR) is 93.2 cm³/mol. The molecule has 0 aliphatic carbocycles. The first-order valence-corrected chi connectivity index (χ1v) is 8.57. The number of halogens is 3. The molecular formula is C18H18F3NO2S. The third kappa shape index (κ3) is 6.70. The number of ether oxygens (including phenoxy) is 1. The minimum Gasteiger partial charge on any atom is -0.497 e. The van der Waals surface area contributed by atoms with E-state index in [-0.39, 0.29) is 12.3 Å². The molecule has 0 saturated heterocycles. The Labute approximate surface area is 148 Å². The van der Waals surface area contributed by atoms with Crippen LogP contribution in [0.2, 0.25) is 0 Å². The molecule has 7 heteroatoms. The summed E-state index contributed by atoms with van der Waals surface area (Å²) < 4.78 is 42.3. The van der Waals surface area contributed by atoms with Gasteiger partial charge >= 0.3 is 6.18 Å². The standard InChI is InChI=1S/C18H18F3NO2S/c1-24-14-6-4-5-13(11-14)9-10-17(23)22-15-7-2-3-8-16(15)25-12-18(19,20)21/h2-8,11H,9-10,12H2,1H3,(H,22,23). The maximum atomic E-state index is 12.4. The van der Waals surface area contributed by atoms with Crippen LogP contribution in [0.15, 0.2) is 53.4 Å². The molecule has 0 radical (unpaired) electrons. The molecule has 3 nitrogen and oxygen atoms in total. The van der Waals surface area contributed by atoms with Gasteiger partial charge in [0.25, 0.3) is 0 Å². The van der Waals surface area contributed by atoms with E-state index in [1.165, 1.54) is 0 Å². The SMILES string of the molecule is COc1cccc(CCC(=O)Nc2ccccc2SCC(F)(F)F)c1. The quantitative estimate of drug-likeness (QED) is 0.704. The van der Waals surface area contributed by atoms with Gasteiger partial charge in [-0.2, -0.15) is 13.2 Å². The molecule has 134 valence electrons. The number of anilines is 1. The summed E-state index contributed by atoms with van der Waals surface area (Å²) in [4.78, 5) is 12.5. The maximum Gasteiger partial charge on any atom is 0.398 e. The van der Waals surface area contributed by atoms with Crippen molar-refractivity contribution in [1.29, 1.82) is 0 Å².